The van der Waals surface area contributed by atoms with E-state index in [1.54, 1.807) is 12.1 Å². The van der Waals surface area contributed by atoms with Crippen LogP contribution in [0.2, 0.25) is 0 Å². The molecule has 0 aliphatic carbocycles. The highest BCUT2D eigenvalue weighted by Gasteiger charge is 2.24. The lowest BCUT2D eigenvalue weighted by atomic mass is 9.95. The zero-order valence-electron chi connectivity index (χ0n) is 11.9. The Bertz CT molecular complexity index is 403. The summed E-state index contributed by atoms with van der Waals surface area (Å²) >= 11 is 0. The number of nitrogens with one attached hydrogen (secondary N) is 1. The van der Waals surface area contributed by atoms with E-state index in [-0.39, 0.29) is 29.8 Å². The molecule has 4 heteroatoms. The molecule has 0 heterocycles. The highest BCUT2D eigenvalue weighted by atomic mass is 19.1. The van der Waals surface area contributed by atoms with Crippen molar-refractivity contribution < 1.29 is 13.9 Å². The van der Waals surface area contributed by atoms with Crippen molar-refractivity contribution in [3.8, 4) is 0 Å². The molecule has 0 fully saturated rings. The van der Waals surface area contributed by atoms with Crippen molar-refractivity contribution in [3.05, 3.63) is 35.6 Å². The standard InChI is InChI=1S/C15H22FNO2/c1-5-13(15(18)19-4)17-14(10(2)3)11-6-8-12(16)9-7-11/h6-10,13-14,17H,5H2,1-4H3. The van der Waals surface area contributed by atoms with E-state index in [0.717, 1.165) is 5.56 Å². The maximum absolute atomic E-state index is 13.0. The summed E-state index contributed by atoms with van der Waals surface area (Å²) < 4.78 is 17.7. The Morgan fingerprint density at radius 2 is 1.89 bits per heavy atom. The van der Waals surface area contributed by atoms with Gasteiger partial charge in [0.25, 0.3) is 0 Å². The number of benzene rings is 1. The van der Waals surface area contributed by atoms with Gasteiger partial charge >= 0.3 is 5.97 Å². The topological polar surface area (TPSA) is 38.3 Å². The van der Waals surface area contributed by atoms with Gasteiger partial charge in [0.15, 0.2) is 0 Å². The van der Waals surface area contributed by atoms with Crippen LogP contribution in [-0.2, 0) is 9.53 Å². The van der Waals surface area contributed by atoms with Gasteiger partial charge in [0, 0.05) is 6.04 Å². The maximum Gasteiger partial charge on any atom is 0.322 e. The second-order valence-corrected chi connectivity index (χ2v) is 4.92. The largest absolute Gasteiger partial charge is 0.468 e. The normalized spacial score (nSPS) is 14.2. The van der Waals surface area contributed by atoms with Crippen LogP contribution in [0.1, 0.15) is 38.8 Å². The van der Waals surface area contributed by atoms with Gasteiger partial charge in [-0.2, -0.15) is 0 Å². The van der Waals surface area contributed by atoms with E-state index in [2.05, 4.69) is 19.2 Å². The predicted octanol–water partition coefficient (Wildman–Crippen LogP) is 3.06. The van der Waals surface area contributed by atoms with E-state index in [1.165, 1.54) is 19.2 Å². The number of ether oxygens (including phenoxy) is 1. The van der Waals surface area contributed by atoms with Crippen LogP contribution in [0.4, 0.5) is 4.39 Å². The van der Waals surface area contributed by atoms with Crippen molar-refractivity contribution in [2.24, 2.45) is 5.92 Å². The van der Waals surface area contributed by atoms with Gasteiger partial charge in [-0.3, -0.25) is 10.1 Å². The number of rotatable bonds is 6. The summed E-state index contributed by atoms with van der Waals surface area (Å²) in [6, 6.07) is 6.01. The summed E-state index contributed by atoms with van der Waals surface area (Å²) in [5.41, 5.74) is 0.971. The first kappa shape index (κ1) is 15.6. The Morgan fingerprint density at radius 3 is 2.32 bits per heavy atom. The molecule has 2 unspecified atom stereocenters. The highest BCUT2D eigenvalue weighted by molar-refractivity contribution is 5.75. The molecular weight excluding hydrogens is 245 g/mol. The fourth-order valence-electron chi connectivity index (χ4n) is 2.06. The SMILES string of the molecule is CCC(NC(c1ccc(F)cc1)C(C)C)C(=O)OC. The van der Waals surface area contributed by atoms with Crippen molar-refractivity contribution >= 4 is 5.97 Å². The summed E-state index contributed by atoms with van der Waals surface area (Å²) in [6.45, 7) is 6.05. The number of carbonyl (C=O) groups is 1. The van der Waals surface area contributed by atoms with E-state index in [4.69, 9.17) is 4.74 Å². The molecule has 106 valence electrons. The van der Waals surface area contributed by atoms with Gasteiger partial charge in [-0.1, -0.05) is 32.9 Å². The lowest BCUT2D eigenvalue weighted by Crippen LogP contribution is -2.41. The number of hydrogen-bond donors (Lipinski definition) is 1. The Balaban J connectivity index is 2.89. The Labute approximate surface area is 114 Å². The lowest BCUT2D eigenvalue weighted by molar-refractivity contribution is -0.143. The molecule has 0 bridgehead atoms. The molecule has 19 heavy (non-hydrogen) atoms. The van der Waals surface area contributed by atoms with Crippen molar-refractivity contribution in [1.29, 1.82) is 0 Å². The number of carbonyl (C=O) groups excluding carboxylic acids is 1. The minimum atomic E-state index is -0.345. The molecule has 0 aliphatic rings. The first-order valence-electron chi connectivity index (χ1n) is 6.58. The van der Waals surface area contributed by atoms with Gasteiger partial charge in [-0.25, -0.2) is 4.39 Å². The molecule has 0 aromatic heterocycles. The fraction of sp³-hybridized carbons (Fsp3) is 0.533. The summed E-state index contributed by atoms with van der Waals surface area (Å²) in [5.74, 6) is -0.245. The molecule has 0 amide bonds. The molecule has 3 nitrogen and oxygen atoms in total. The van der Waals surface area contributed by atoms with Gasteiger partial charge in [0.2, 0.25) is 0 Å². The zero-order valence-corrected chi connectivity index (χ0v) is 11.9. The minimum absolute atomic E-state index is 0.00958. The van der Waals surface area contributed by atoms with Crippen LogP contribution in [0.25, 0.3) is 0 Å². The molecular formula is C15H22FNO2. The average molecular weight is 267 g/mol. The molecule has 0 spiro atoms. The minimum Gasteiger partial charge on any atom is -0.468 e. The third kappa shape index (κ3) is 4.31. The molecule has 1 N–H and O–H groups in total. The number of halogens is 1. The maximum atomic E-state index is 13.0. The molecule has 0 radical (unpaired) electrons. The number of hydrogen-bond acceptors (Lipinski definition) is 3. The van der Waals surface area contributed by atoms with Gasteiger partial charge in [0.1, 0.15) is 11.9 Å². The predicted molar refractivity (Wildman–Crippen MR) is 73.2 cm³/mol. The molecule has 1 aromatic carbocycles. The van der Waals surface area contributed by atoms with Crippen LogP contribution < -0.4 is 5.32 Å². The molecule has 2 atom stereocenters. The Hall–Kier alpha value is -1.42. The summed E-state index contributed by atoms with van der Waals surface area (Å²) in [5, 5.41) is 3.29. The first-order valence-corrected chi connectivity index (χ1v) is 6.58. The van der Waals surface area contributed by atoms with E-state index in [9.17, 15) is 9.18 Å². The van der Waals surface area contributed by atoms with Crippen molar-refractivity contribution in [2.75, 3.05) is 7.11 Å². The summed E-state index contributed by atoms with van der Waals surface area (Å²) in [7, 11) is 1.38. The molecule has 0 saturated carbocycles. The second-order valence-electron chi connectivity index (χ2n) is 4.92. The second kappa shape index (κ2) is 7.24. The molecule has 1 rings (SSSR count). The quantitative estimate of drug-likeness (QED) is 0.805. The number of methoxy groups -OCH3 is 1. The average Bonchev–Trinajstić information content (AvgIpc) is 2.40. The third-order valence-electron chi connectivity index (χ3n) is 3.17. The van der Waals surface area contributed by atoms with E-state index >= 15 is 0 Å². The van der Waals surface area contributed by atoms with Crippen LogP contribution in [0.5, 0.6) is 0 Å². The van der Waals surface area contributed by atoms with Gasteiger partial charge < -0.3 is 4.74 Å². The van der Waals surface area contributed by atoms with E-state index in [0.29, 0.717) is 6.42 Å². The van der Waals surface area contributed by atoms with Crippen molar-refractivity contribution in [2.45, 2.75) is 39.3 Å². The van der Waals surface area contributed by atoms with Crippen LogP contribution in [-0.4, -0.2) is 19.1 Å². The zero-order chi connectivity index (χ0) is 14.4. The fourth-order valence-corrected chi connectivity index (χ4v) is 2.06. The monoisotopic (exact) mass is 267 g/mol. The van der Waals surface area contributed by atoms with Gasteiger partial charge in [-0.15, -0.1) is 0 Å². The van der Waals surface area contributed by atoms with Crippen LogP contribution >= 0.6 is 0 Å². The Kier molecular flexibility index (Phi) is 5.96. The molecule has 1 aromatic rings. The van der Waals surface area contributed by atoms with E-state index in [1.807, 2.05) is 6.92 Å². The lowest BCUT2D eigenvalue weighted by Gasteiger charge is -2.27. The summed E-state index contributed by atoms with van der Waals surface area (Å²) in [4.78, 5) is 11.6. The summed E-state index contributed by atoms with van der Waals surface area (Å²) in [6.07, 6.45) is 0.650. The molecule has 0 saturated heterocycles. The smallest absolute Gasteiger partial charge is 0.322 e. The van der Waals surface area contributed by atoms with Gasteiger partial charge in [0.05, 0.1) is 7.11 Å². The third-order valence-corrected chi connectivity index (χ3v) is 3.17. The number of esters is 1. The van der Waals surface area contributed by atoms with Crippen molar-refractivity contribution in [1.82, 2.24) is 5.32 Å². The van der Waals surface area contributed by atoms with Gasteiger partial charge in [-0.05, 0) is 30.0 Å². The van der Waals surface area contributed by atoms with Crippen LogP contribution in [0.3, 0.4) is 0 Å². The van der Waals surface area contributed by atoms with Crippen LogP contribution in [0.15, 0.2) is 24.3 Å². The Morgan fingerprint density at radius 1 is 1.32 bits per heavy atom. The highest BCUT2D eigenvalue weighted by Crippen LogP contribution is 2.23. The van der Waals surface area contributed by atoms with Crippen molar-refractivity contribution in [3.63, 3.8) is 0 Å². The first-order chi connectivity index (χ1) is 8.99. The van der Waals surface area contributed by atoms with E-state index < -0.39 is 0 Å². The molecule has 0 aliphatic heterocycles. The van der Waals surface area contributed by atoms with Crippen LogP contribution in [0, 0.1) is 11.7 Å².